The topological polar surface area (TPSA) is 78.8 Å². The van der Waals surface area contributed by atoms with E-state index in [1.165, 1.54) is 48.5 Å². The SMILES string of the molecule is Cc1ccc(S(=O)(=O)N(CC(=O)N/N=C\c2c(F)cccc2Cl)Cc2ccccc2F)cc1. The van der Waals surface area contributed by atoms with Crippen molar-refractivity contribution in [1.82, 2.24) is 9.73 Å². The van der Waals surface area contributed by atoms with Crippen LogP contribution in [0, 0.1) is 18.6 Å². The van der Waals surface area contributed by atoms with E-state index in [4.69, 9.17) is 11.6 Å². The van der Waals surface area contributed by atoms with Gasteiger partial charge in [-0.2, -0.15) is 9.41 Å². The van der Waals surface area contributed by atoms with Gasteiger partial charge in [0, 0.05) is 17.7 Å². The van der Waals surface area contributed by atoms with E-state index in [0.717, 1.165) is 16.1 Å². The first-order chi connectivity index (χ1) is 15.7. The van der Waals surface area contributed by atoms with Gasteiger partial charge in [0.25, 0.3) is 5.91 Å². The second-order valence-corrected chi connectivity index (χ2v) is 9.45. The fraction of sp³-hybridized carbons (Fsp3) is 0.130. The van der Waals surface area contributed by atoms with Crippen molar-refractivity contribution >= 4 is 33.7 Å². The molecule has 6 nitrogen and oxygen atoms in total. The van der Waals surface area contributed by atoms with Crippen LogP contribution in [0.15, 0.2) is 76.7 Å². The maximum atomic E-state index is 14.2. The van der Waals surface area contributed by atoms with Gasteiger partial charge in [0.15, 0.2) is 0 Å². The number of benzene rings is 3. The van der Waals surface area contributed by atoms with Gasteiger partial charge in [0.1, 0.15) is 11.6 Å². The Hall–Kier alpha value is -3.14. The highest BCUT2D eigenvalue weighted by Crippen LogP contribution is 2.20. The van der Waals surface area contributed by atoms with Crippen molar-refractivity contribution in [2.24, 2.45) is 5.10 Å². The first-order valence-corrected chi connectivity index (χ1v) is 11.6. The van der Waals surface area contributed by atoms with E-state index < -0.39 is 34.1 Å². The minimum absolute atomic E-state index is 0.0324. The lowest BCUT2D eigenvalue weighted by molar-refractivity contribution is -0.121. The summed E-state index contributed by atoms with van der Waals surface area (Å²) in [5.74, 6) is -2.04. The Kier molecular flexibility index (Phi) is 7.91. The summed E-state index contributed by atoms with van der Waals surface area (Å²) in [5, 5.41) is 3.76. The fourth-order valence-electron chi connectivity index (χ4n) is 2.90. The standard InChI is InChI=1S/C23H20ClF2N3O3S/c1-16-9-11-18(12-10-16)33(31,32)29(14-17-5-2-3-7-21(17)25)15-23(30)28-27-13-19-20(24)6-4-8-22(19)26/h2-13H,14-15H2,1H3,(H,28,30)/b27-13-. The molecule has 3 aromatic rings. The number of carbonyl (C=O) groups is 1. The van der Waals surface area contributed by atoms with Gasteiger partial charge in [0.05, 0.1) is 22.7 Å². The molecule has 0 saturated heterocycles. The monoisotopic (exact) mass is 491 g/mol. The predicted octanol–water partition coefficient (Wildman–Crippen LogP) is 4.27. The minimum atomic E-state index is -4.15. The van der Waals surface area contributed by atoms with E-state index in [-0.39, 0.29) is 27.6 Å². The third-order valence-electron chi connectivity index (χ3n) is 4.67. The molecular formula is C23H20ClF2N3O3S. The third-order valence-corrected chi connectivity index (χ3v) is 6.80. The number of nitrogens with zero attached hydrogens (tertiary/aromatic N) is 2. The predicted molar refractivity (Wildman–Crippen MR) is 122 cm³/mol. The zero-order chi connectivity index (χ0) is 24.0. The van der Waals surface area contributed by atoms with E-state index in [1.54, 1.807) is 25.1 Å². The van der Waals surface area contributed by atoms with Gasteiger partial charge in [0.2, 0.25) is 10.0 Å². The largest absolute Gasteiger partial charge is 0.272 e. The van der Waals surface area contributed by atoms with Crippen molar-refractivity contribution in [3.63, 3.8) is 0 Å². The Labute approximate surface area is 195 Å². The van der Waals surface area contributed by atoms with Gasteiger partial charge in [-0.1, -0.05) is 53.6 Å². The molecule has 0 bridgehead atoms. The Bertz CT molecular complexity index is 1260. The Morgan fingerprint density at radius 1 is 1.03 bits per heavy atom. The molecule has 1 amide bonds. The number of hydrazone groups is 1. The molecule has 0 radical (unpaired) electrons. The number of carbonyl (C=O) groups excluding carboxylic acids is 1. The molecule has 0 heterocycles. The van der Waals surface area contributed by atoms with E-state index in [0.29, 0.717) is 0 Å². The van der Waals surface area contributed by atoms with Crippen LogP contribution in [-0.2, 0) is 21.4 Å². The summed E-state index contributed by atoms with van der Waals surface area (Å²) in [4.78, 5) is 12.4. The van der Waals surface area contributed by atoms with E-state index in [2.05, 4.69) is 10.5 Å². The molecule has 0 aliphatic carbocycles. The normalized spacial score (nSPS) is 11.8. The summed E-state index contributed by atoms with van der Waals surface area (Å²) < 4.78 is 55.3. The molecule has 0 unspecified atom stereocenters. The van der Waals surface area contributed by atoms with E-state index in [9.17, 15) is 22.0 Å². The molecule has 3 aromatic carbocycles. The number of hydrogen-bond donors (Lipinski definition) is 1. The highest BCUT2D eigenvalue weighted by atomic mass is 35.5. The number of sulfonamides is 1. The summed E-state index contributed by atoms with van der Waals surface area (Å²) in [7, 11) is -4.15. The molecule has 0 atom stereocenters. The average Bonchev–Trinajstić information content (AvgIpc) is 2.77. The quantitative estimate of drug-likeness (QED) is 0.377. The molecule has 33 heavy (non-hydrogen) atoms. The Morgan fingerprint density at radius 3 is 2.36 bits per heavy atom. The third kappa shape index (κ3) is 6.22. The van der Waals surface area contributed by atoms with Crippen molar-refractivity contribution in [3.8, 4) is 0 Å². The number of hydrogen-bond acceptors (Lipinski definition) is 4. The zero-order valence-electron chi connectivity index (χ0n) is 17.5. The van der Waals surface area contributed by atoms with Gasteiger partial charge >= 0.3 is 0 Å². The lowest BCUT2D eigenvalue weighted by Crippen LogP contribution is -2.39. The number of aryl methyl sites for hydroxylation is 1. The van der Waals surface area contributed by atoms with Crippen molar-refractivity contribution in [2.45, 2.75) is 18.4 Å². The molecule has 0 fully saturated rings. The number of halogens is 3. The van der Waals surface area contributed by atoms with Crippen molar-refractivity contribution in [3.05, 3.63) is 100 Å². The van der Waals surface area contributed by atoms with Crippen molar-refractivity contribution < 1.29 is 22.0 Å². The molecule has 0 aliphatic rings. The van der Waals surface area contributed by atoms with Gasteiger partial charge in [-0.15, -0.1) is 0 Å². The van der Waals surface area contributed by atoms with Crippen molar-refractivity contribution in [2.75, 3.05) is 6.54 Å². The molecule has 0 spiro atoms. The van der Waals surface area contributed by atoms with Crippen molar-refractivity contribution in [1.29, 1.82) is 0 Å². The van der Waals surface area contributed by atoms with Crippen LogP contribution in [0.4, 0.5) is 8.78 Å². The minimum Gasteiger partial charge on any atom is -0.272 e. The van der Waals surface area contributed by atoms with Gasteiger partial charge in [-0.05, 0) is 37.3 Å². The van der Waals surface area contributed by atoms with Crippen LogP contribution in [0.5, 0.6) is 0 Å². The summed E-state index contributed by atoms with van der Waals surface area (Å²) in [6.07, 6.45) is 1.02. The summed E-state index contributed by atoms with van der Waals surface area (Å²) in [5.41, 5.74) is 3.08. The van der Waals surface area contributed by atoms with Crippen LogP contribution in [-0.4, -0.2) is 31.4 Å². The highest BCUT2D eigenvalue weighted by Gasteiger charge is 2.27. The Morgan fingerprint density at radius 2 is 1.70 bits per heavy atom. The van der Waals surface area contributed by atoms with Crippen LogP contribution in [0.3, 0.4) is 0 Å². The lowest BCUT2D eigenvalue weighted by atomic mass is 10.2. The molecule has 0 aromatic heterocycles. The highest BCUT2D eigenvalue weighted by molar-refractivity contribution is 7.89. The maximum absolute atomic E-state index is 14.2. The zero-order valence-corrected chi connectivity index (χ0v) is 19.1. The molecular weight excluding hydrogens is 472 g/mol. The number of amides is 1. The molecule has 172 valence electrons. The van der Waals surface area contributed by atoms with E-state index >= 15 is 0 Å². The van der Waals surface area contributed by atoms with Gasteiger partial charge in [-0.25, -0.2) is 22.6 Å². The molecule has 3 rings (SSSR count). The summed E-state index contributed by atoms with van der Waals surface area (Å²) in [6, 6.07) is 15.8. The van der Waals surface area contributed by atoms with Crippen LogP contribution < -0.4 is 5.43 Å². The lowest BCUT2D eigenvalue weighted by Gasteiger charge is -2.22. The second-order valence-electron chi connectivity index (χ2n) is 7.11. The smallest absolute Gasteiger partial charge is 0.255 e. The first-order valence-electron chi connectivity index (χ1n) is 9.74. The molecule has 1 N–H and O–H groups in total. The van der Waals surface area contributed by atoms with Crippen LogP contribution in [0.1, 0.15) is 16.7 Å². The summed E-state index contributed by atoms with van der Waals surface area (Å²) >= 11 is 5.91. The maximum Gasteiger partial charge on any atom is 0.255 e. The van der Waals surface area contributed by atoms with Crippen LogP contribution in [0.25, 0.3) is 0 Å². The molecule has 0 aliphatic heterocycles. The summed E-state index contributed by atoms with van der Waals surface area (Å²) in [6.45, 7) is 0.785. The van der Waals surface area contributed by atoms with Gasteiger partial charge in [-0.3, -0.25) is 4.79 Å². The average molecular weight is 492 g/mol. The molecule has 0 saturated carbocycles. The number of nitrogens with one attached hydrogen (secondary N) is 1. The van der Waals surface area contributed by atoms with Crippen LogP contribution >= 0.6 is 11.6 Å². The van der Waals surface area contributed by atoms with Crippen LogP contribution in [0.2, 0.25) is 5.02 Å². The van der Waals surface area contributed by atoms with Gasteiger partial charge < -0.3 is 0 Å². The first kappa shape index (κ1) is 24.5. The molecule has 10 heteroatoms. The second kappa shape index (κ2) is 10.7. The van der Waals surface area contributed by atoms with E-state index in [1.807, 2.05) is 0 Å². The fourth-order valence-corrected chi connectivity index (χ4v) is 4.49. The number of rotatable bonds is 8. The Balaban J connectivity index is 1.83.